The third-order valence-corrected chi connectivity index (χ3v) is 4.05. The topological polar surface area (TPSA) is 113 Å². The number of rotatable bonds is 5. The Kier molecular flexibility index (Phi) is 4.08. The van der Waals surface area contributed by atoms with Gasteiger partial charge in [-0.3, -0.25) is 14.7 Å². The van der Waals surface area contributed by atoms with E-state index in [9.17, 15) is 9.59 Å². The second-order valence-corrected chi connectivity index (χ2v) is 5.06. The zero-order chi connectivity index (χ0) is 14.8. The van der Waals surface area contributed by atoms with Gasteiger partial charge in [0, 0.05) is 30.8 Å². The molecule has 1 aliphatic rings. The second-order valence-electron chi connectivity index (χ2n) is 5.06. The predicted molar refractivity (Wildman–Crippen MR) is 74.0 cm³/mol. The van der Waals surface area contributed by atoms with Gasteiger partial charge in [-0.25, -0.2) is 0 Å². The number of nitrogens with one attached hydrogen (secondary N) is 3. The number of nitrogens with two attached hydrogens (primary N) is 1. The third-order valence-electron chi connectivity index (χ3n) is 4.05. The van der Waals surface area contributed by atoms with Crippen LogP contribution in [0.5, 0.6) is 0 Å². The minimum atomic E-state index is -1.01. The van der Waals surface area contributed by atoms with Gasteiger partial charge in [0.05, 0.1) is 0 Å². The van der Waals surface area contributed by atoms with Crippen molar-refractivity contribution in [1.82, 2.24) is 20.8 Å². The van der Waals surface area contributed by atoms with Gasteiger partial charge in [-0.15, -0.1) is 0 Å². The summed E-state index contributed by atoms with van der Waals surface area (Å²) in [5, 5.41) is 12.9. The molecule has 0 atom stereocenters. The fourth-order valence-electron chi connectivity index (χ4n) is 2.53. The summed E-state index contributed by atoms with van der Waals surface area (Å²) < 4.78 is 0. The summed E-state index contributed by atoms with van der Waals surface area (Å²) in [4.78, 5) is 24.0. The molecule has 0 saturated heterocycles. The molecule has 1 aromatic heterocycles. The number of carbonyl (C=O) groups is 2. The highest BCUT2D eigenvalue weighted by molar-refractivity contribution is 5.98. The van der Waals surface area contributed by atoms with E-state index >= 15 is 0 Å². The molecule has 1 aromatic rings. The van der Waals surface area contributed by atoms with Gasteiger partial charge < -0.3 is 16.4 Å². The highest BCUT2D eigenvalue weighted by Gasteiger charge is 2.36. The van der Waals surface area contributed by atoms with E-state index in [1.807, 2.05) is 13.8 Å². The molecule has 7 heteroatoms. The van der Waals surface area contributed by atoms with Crippen LogP contribution >= 0.6 is 0 Å². The molecule has 2 heterocycles. The highest BCUT2D eigenvalue weighted by Crippen LogP contribution is 2.19. The van der Waals surface area contributed by atoms with E-state index in [2.05, 4.69) is 20.8 Å². The average molecular weight is 279 g/mol. The normalized spacial score (nSPS) is 14.7. The lowest BCUT2D eigenvalue weighted by atomic mass is 9.91. The number of fused-ring (bicyclic) bond motifs is 1. The zero-order valence-electron chi connectivity index (χ0n) is 11.9. The van der Waals surface area contributed by atoms with Gasteiger partial charge in [0.2, 0.25) is 5.91 Å². The molecule has 0 aromatic carbocycles. The van der Waals surface area contributed by atoms with E-state index in [0.29, 0.717) is 25.1 Å². The monoisotopic (exact) mass is 279 g/mol. The van der Waals surface area contributed by atoms with Crippen molar-refractivity contribution in [2.24, 2.45) is 5.73 Å². The lowest BCUT2D eigenvalue weighted by molar-refractivity contribution is -0.124. The van der Waals surface area contributed by atoms with Gasteiger partial charge in [0.25, 0.3) is 5.91 Å². The summed E-state index contributed by atoms with van der Waals surface area (Å²) in [5.74, 6) is -0.868. The van der Waals surface area contributed by atoms with Crippen LogP contribution in [0.1, 0.15) is 48.4 Å². The molecule has 110 valence electrons. The fourth-order valence-corrected chi connectivity index (χ4v) is 2.53. The van der Waals surface area contributed by atoms with Crippen molar-refractivity contribution in [3.63, 3.8) is 0 Å². The number of amides is 2. The van der Waals surface area contributed by atoms with Crippen molar-refractivity contribution in [1.29, 1.82) is 0 Å². The maximum atomic E-state index is 12.4. The summed E-state index contributed by atoms with van der Waals surface area (Å²) in [6.45, 7) is 5.13. The van der Waals surface area contributed by atoms with Crippen LogP contribution in [0.15, 0.2) is 0 Å². The summed E-state index contributed by atoms with van der Waals surface area (Å²) in [6, 6.07) is 0. The number of nitrogens with zero attached hydrogens (tertiary/aromatic N) is 1. The Morgan fingerprint density at radius 1 is 1.40 bits per heavy atom. The van der Waals surface area contributed by atoms with Gasteiger partial charge >= 0.3 is 0 Å². The number of aromatic nitrogens is 2. The zero-order valence-corrected chi connectivity index (χ0v) is 11.9. The standard InChI is InChI=1S/C13H21N5O2/c1-3-13(4-2,12(14)20)16-11(19)10-8-7-15-6-5-9(8)17-18-10/h15H,3-7H2,1-2H3,(H2,14,20)(H,16,19)(H,17,18). The number of aromatic amines is 1. The predicted octanol–water partition coefficient (Wildman–Crippen LogP) is -0.171. The van der Waals surface area contributed by atoms with Gasteiger partial charge in [-0.05, 0) is 12.8 Å². The Hall–Kier alpha value is -1.89. The Labute approximate surface area is 117 Å². The van der Waals surface area contributed by atoms with Crippen LogP contribution in [0.4, 0.5) is 0 Å². The van der Waals surface area contributed by atoms with Gasteiger partial charge in [-0.1, -0.05) is 13.8 Å². The first-order valence-electron chi connectivity index (χ1n) is 6.93. The van der Waals surface area contributed by atoms with Crippen LogP contribution in [0, 0.1) is 0 Å². The van der Waals surface area contributed by atoms with E-state index in [1.54, 1.807) is 0 Å². The maximum Gasteiger partial charge on any atom is 0.272 e. The maximum absolute atomic E-state index is 12.4. The van der Waals surface area contributed by atoms with Crippen LogP contribution in [0.2, 0.25) is 0 Å². The molecular formula is C13H21N5O2. The highest BCUT2D eigenvalue weighted by atomic mass is 16.2. The van der Waals surface area contributed by atoms with Crippen LogP contribution in [0.25, 0.3) is 0 Å². The van der Waals surface area contributed by atoms with E-state index in [0.717, 1.165) is 24.2 Å². The molecule has 0 spiro atoms. The van der Waals surface area contributed by atoms with E-state index in [-0.39, 0.29) is 5.91 Å². The Balaban J connectivity index is 2.23. The number of carbonyl (C=O) groups excluding carboxylic acids is 2. The Bertz CT molecular complexity index is 519. The molecular weight excluding hydrogens is 258 g/mol. The summed E-state index contributed by atoms with van der Waals surface area (Å²) in [6.07, 6.45) is 1.73. The van der Waals surface area contributed by atoms with Crippen molar-refractivity contribution in [2.45, 2.75) is 45.2 Å². The average Bonchev–Trinajstić information content (AvgIpc) is 2.88. The first kappa shape index (κ1) is 14.5. The largest absolute Gasteiger partial charge is 0.368 e. The van der Waals surface area contributed by atoms with Gasteiger partial charge in [0.15, 0.2) is 5.69 Å². The molecule has 0 radical (unpaired) electrons. The fraction of sp³-hybridized carbons (Fsp3) is 0.615. The van der Waals surface area contributed by atoms with Gasteiger partial charge in [0.1, 0.15) is 5.54 Å². The minimum Gasteiger partial charge on any atom is -0.368 e. The van der Waals surface area contributed by atoms with Crippen molar-refractivity contribution < 1.29 is 9.59 Å². The quantitative estimate of drug-likeness (QED) is 0.599. The Morgan fingerprint density at radius 2 is 2.10 bits per heavy atom. The van der Waals surface area contributed by atoms with Crippen LogP contribution in [-0.4, -0.2) is 34.1 Å². The van der Waals surface area contributed by atoms with E-state index < -0.39 is 11.4 Å². The molecule has 0 saturated carbocycles. The molecule has 1 aliphatic heterocycles. The molecule has 2 amide bonds. The minimum absolute atomic E-state index is 0.347. The molecule has 0 aliphatic carbocycles. The molecule has 5 N–H and O–H groups in total. The van der Waals surface area contributed by atoms with Gasteiger partial charge in [-0.2, -0.15) is 5.10 Å². The van der Waals surface area contributed by atoms with Crippen LogP contribution in [-0.2, 0) is 17.8 Å². The molecule has 2 rings (SSSR count). The first-order chi connectivity index (χ1) is 9.54. The summed E-state index contributed by atoms with van der Waals surface area (Å²) in [5.41, 5.74) is 6.63. The van der Waals surface area contributed by atoms with Crippen molar-refractivity contribution in [3.8, 4) is 0 Å². The lowest BCUT2D eigenvalue weighted by Gasteiger charge is -2.29. The van der Waals surface area contributed by atoms with Crippen molar-refractivity contribution in [2.75, 3.05) is 6.54 Å². The molecule has 7 nitrogen and oxygen atoms in total. The summed E-state index contributed by atoms with van der Waals surface area (Å²) in [7, 11) is 0. The molecule has 20 heavy (non-hydrogen) atoms. The van der Waals surface area contributed by atoms with E-state index in [4.69, 9.17) is 5.73 Å². The Morgan fingerprint density at radius 3 is 2.70 bits per heavy atom. The number of primary amides is 1. The van der Waals surface area contributed by atoms with Crippen molar-refractivity contribution in [3.05, 3.63) is 17.0 Å². The number of hydrogen-bond donors (Lipinski definition) is 4. The SMILES string of the molecule is CCC(CC)(NC(=O)c1n[nH]c2c1CNCC2)C(N)=O. The number of hydrogen-bond acceptors (Lipinski definition) is 4. The lowest BCUT2D eigenvalue weighted by Crippen LogP contribution is -2.57. The first-order valence-corrected chi connectivity index (χ1v) is 6.93. The van der Waals surface area contributed by atoms with Crippen LogP contribution in [0.3, 0.4) is 0 Å². The third kappa shape index (κ3) is 2.40. The van der Waals surface area contributed by atoms with Crippen molar-refractivity contribution >= 4 is 11.8 Å². The van der Waals surface area contributed by atoms with Crippen LogP contribution < -0.4 is 16.4 Å². The second kappa shape index (κ2) is 5.62. The molecule has 0 unspecified atom stereocenters. The molecule has 0 fully saturated rings. The molecule has 0 bridgehead atoms. The smallest absolute Gasteiger partial charge is 0.272 e. The van der Waals surface area contributed by atoms with E-state index in [1.165, 1.54) is 0 Å². The summed E-state index contributed by atoms with van der Waals surface area (Å²) >= 11 is 0. The number of H-pyrrole nitrogens is 1.